The second-order valence-corrected chi connectivity index (χ2v) is 11.1. The zero-order valence-electron chi connectivity index (χ0n) is 21.6. The smallest absolute Gasteiger partial charge is 0.326 e. The molecule has 200 valence electrons. The van der Waals surface area contributed by atoms with Crippen LogP contribution in [0.4, 0.5) is 0 Å². The third kappa shape index (κ3) is 4.78. The van der Waals surface area contributed by atoms with E-state index < -0.39 is 17.9 Å². The standard InChI is InChI=1S/C30H30N4O4S/c1-17-22(23-14-21(35)8-9-24(23)31-17)15-26(30(37)38)33-29(36)18-7-10-27-25(13-18)32-28(19-11-12-39-16-19)34(27)20-5-3-2-4-6-20/h7-14,16,20,26,31,35H,2-6,15H2,1H3,(H,33,36)(H,37,38)/t26-/m0/s1. The van der Waals surface area contributed by atoms with Gasteiger partial charge in [-0.3, -0.25) is 4.79 Å². The molecule has 0 radical (unpaired) electrons. The van der Waals surface area contributed by atoms with E-state index in [1.54, 1.807) is 41.7 Å². The first-order chi connectivity index (χ1) is 18.9. The highest BCUT2D eigenvalue weighted by Gasteiger charge is 2.26. The van der Waals surface area contributed by atoms with Crippen LogP contribution in [0.1, 0.15) is 59.8 Å². The molecule has 1 aliphatic rings. The van der Waals surface area contributed by atoms with E-state index in [-0.39, 0.29) is 12.2 Å². The fraction of sp³-hybridized carbons (Fsp3) is 0.300. The molecule has 2 aromatic carbocycles. The number of aromatic amines is 1. The molecular weight excluding hydrogens is 512 g/mol. The van der Waals surface area contributed by atoms with Crippen LogP contribution in [-0.2, 0) is 11.2 Å². The van der Waals surface area contributed by atoms with E-state index in [0.29, 0.717) is 11.6 Å². The first kappa shape index (κ1) is 25.2. The van der Waals surface area contributed by atoms with Crippen LogP contribution < -0.4 is 5.32 Å². The van der Waals surface area contributed by atoms with Crippen LogP contribution in [-0.4, -0.2) is 42.7 Å². The number of H-pyrrole nitrogens is 1. The molecule has 3 heterocycles. The first-order valence-electron chi connectivity index (χ1n) is 13.3. The number of phenolic OH excluding ortho intramolecular Hbond substituents is 1. The van der Waals surface area contributed by atoms with E-state index >= 15 is 0 Å². The Morgan fingerprint density at radius 2 is 1.97 bits per heavy atom. The molecule has 3 aromatic heterocycles. The highest BCUT2D eigenvalue weighted by Crippen LogP contribution is 2.36. The Morgan fingerprint density at radius 3 is 2.72 bits per heavy atom. The van der Waals surface area contributed by atoms with Crippen molar-refractivity contribution in [3.63, 3.8) is 0 Å². The predicted molar refractivity (Wildman–Crippen MR) is 152 cm³/mol. The average molecular weight is 543 g/mol. The Bertz CT molecular complexity index is 1680. The fourth-order valence-electron chi connectivity index (χ4n) is 5.82. The summed E-state index contributed by atoms with van der Waals surface area (Å²) in [6, 6.07) is 11.7. The van der Waals surface area contributed by atoms with Crippen LogP contribution in [0.3, 0.4) is 0 Å². The molecule has 0 spiro atoms. The number of thiophene rings is 1. The van der Waals surface area contributed by atoms with E-state index in [4.69, 9.17) is 4.98 Å². The Labute approximate surface area is 229 Å². The van der Waals surface area contributed by atoms with Crippen LogP contribution in [0.2, 0.25) is 0 Å². The number of carboxylic acid groups (broad SMARTS) is 1. The Balaban J connectivity index is 1.30. The minimum atomic E-state index is -1.14. The number of fused-ring (bicyclic) bond motifs is 2. The summed E-state index contributed by atoms with van der Waals surface area (Å²) < 4.78 is 2.33. The second-order valence-electron chi connectivity index (χ2n) is 10.3. The molecule has 1 fully saturated rings. The molecule has 9 heteroatoms. The van der Waals surface area contributed by atoms with Gasteiger partial charge < -0.3 is 25.1 Å². The number of phenols is 1. The molecule has 1 amide bonds. The molecule has 0 bridgehead atoms. The highest BCUT2D eigenvalue weighted by molar-refractivity contribution is 7.08. The zero-order chi connectivity index (χ0) is 27.1. The van der Waals surface area contributed by atoms with Gasteiger partial charge in [0.2, 0.25) is 0 Å². The Hall–Kier alpha value is -4.11. The number of nitrogens with zero attached hydrogens (tertiary/aromatic N) is 2. The predicted octanol–water partition coefficient (Wildman–Crippen LogP) is 6.19. The van der Waals surface area contributed by atoms with Crippen LogP contribution in [0.5, 0.6) is 5.75 Å². The minimum Gasteiger partial charge on any atom is -0.508 e. The molecule has 4 N–H and O–H groups in total. The lowest BCUT2D eigenvalue weighted by Gasteiger charge is -2.25. The quantitative estimate of drug-likeness (QED) is 0.195. The zero-order valence-corrected chi connectivity index (χ0v) is 22.4. The molecule has 39 heavy (non-hydrogen) atoms. The summed E-state index contributed by atoms with van der Waals surface area (Å²) in [5.74, 6) is -0.577. The number of imidazole rings is 1. The number of aryl methyl sites for hydroxylation is 1. The van der Waals surface area contributed by atoms with Gasteiger partial charge in [0.05, 0.1) is 11.0 Å². The number of amides is 1. The summed E-state index contributed by atoms with van der Waals surface area (Å²) in [7, 11) is 0. The average Bonchev–Trinajstić information content (AvgIpc) is 3.66. The number of aromatic nitrogens is 3. The summed E-state index contributed by atoms with van der Waals surface area (Å²) in [4.78, 5) is 33.7. The van der Waals surface area contributed by atoms with Crippen molar-refractivity contribution >= 4 is 45.1 Å². The van der Waals surface area contributed by atoms with E-state index in [1.165, 1.54) is 19.3 Å². The number of aliphatic carboxylic acids is 1. The van der Waals surface area contributed by atoms with Gasteiger partial charge in [0.1, 0.15) is 17.6 Å². The lowest BCUT2D eigenvalue weighted by atomic mass is 9.95. The Kier molecular flexibility index (Phi) is 6.60. The second kappa shape index (κ2) is 10.2. The van der Waals surface area contributed by atoms with E-state index in [9.17, 15) is 19.8 Å². The van der Waals surface area contributed by atoms with Gasteiger partial charge in [0.15, 0.2) is 0 Å². The van der Waals surface area contributed by atoms with Crippen molar-refractivity contribution < 1.29 is 19.8 Å². The van der Waals surface area contributed by atoms with Crippen molar-refractivity contribution in [2.45, 2.75) is 57.5 Å². The van der Waals surface area contributed by atoms with Crippen molar-refractivity contribution in [1.82, 2.24) is 19.9 Å². The van der Waals surface area contributed by atoms with Gasteiger partial charge in [0, 0.05) is 45.6 Å². The number of hydrogen-bond donors (Lipinski definition) is 4. The minimum absolute atomic E-state index is 0.0806. The molecule has 0 unspecified atom stereocenters. The van der Waals surface area contributed by atoms with Crippen molar-refractivity contribution in [2.75, 3.05) is 0 Å². The number of carbonyl (C=O) groups is 2. The molecule has 6 rings (SSSR count). The summed E-state index contributed by atoms with van der Waals surface area (Å²) >= 11 is 1.63. The maximum Gasteiger partial charge on any atom is 0.326 e. The van der Waals surface area contributed by atoms with Gasteiger partial charge in [-0.1, -0.05) is 19.3 Å². The van der Waals surface area contributed by atoms with E-state index in [1.807, 2.05) is 18.4 Å². The van der Waals surface area contributed by atoms with E-state index in [2.05, 4.69) is 26.3 Å². The molecule has 1 aliphatic carbocycles. The first-order valence-corrected chi connectivity index (χ1v) is 14.2. The molecule has 8 nitrogen and oxygen atoms in total. The van der Waals surface area contributed by atoms with Gasteiger partial charge in [-0.05, 0) is 73.2 Å². The summed E-state index contributed by atoms with van der Waals surface area (Å²) in [6.45, 7) is 1.86. The maximum atomic E-state index is 13.3. The Morgan fingerprint density at radius 1 is 1.15 bits per heavy atom. The number of aromatic hydroxyl groups is 1. The van der Waals surface area contributed by atoms with Gasteiger partial charge in [0.25, 0.3) is 5.91 Å². The third-order valence-electron chi connectivity index (χ3n) is 7.79. The van der Waals surface area contributed by atoms with Gasteiger partial charge >= 0.3 is 5.97 Å². The van der Waals surface area contributed by atoms with Gasteiger partial charge in [-0.2, -0.15) is 11.3 Å². The van der Waals surface area contributed by atoms with Crippen LogP contribution in [0.15, 0.2) is 53.2 Å². The third-order valence-corrected chi connectivity index (χ3v) is 8.47. The lowest BCUT2D eigenvalue weighted by molar-refractivity contribution is -0.139. The number of benzene rings is 2. The van der Waals surface area contributed by atoms with E-state index in [0.717, 1.165) is 57.4 Å². The summed E-state index contributed by atoms with van der Waals surface area (Å²) in [5.41, 5.74) is 5.50. The van der Waals surface area contributed by atoms with Crippen molar-refractivity contribution in [3.8, 4) is 17.1 Å². The fourth-order valence-corrected chi connectivity index (χ4v) is 6.46. The van der Waals surface area contributed by atoms with Crippen molar-refractivity contribution in [3.05, 3.63) is 70.0 Å². The van der Waals surface area contributed by atoms with Crippen LogP contribution >= 0.6 is 11.3 Å². The summed E-state index contributed by atoms with van der Waals surface area (Å²) in [6.07, 6.45) is 5.94. The van der Waals surface area contributed by atoms with Gasteiger partial charge in [-0.15, -0.1) is 0 Å². The number of nitrogens with one attached hydrogen (secondary N) is 2. The topological polar surface area (TPSA) is 120 Å². The largest absolute Gasteiger partial charge is 0.508 e. The lowest BCUT2D eigenvalue weighted by Crippen LogP contribution is -2.42. The highest BCUT2D eigenvalue weighted by atomic mass is 32.1. The molecule has 1 saturated carbocycles. The number of hydrogen-bond acceptors (Lipinski definition) is 5. The maximum absolute atomic E-state index is 13.3. The molecule has 0 aliphatic heterocycles. The van der Waals surface area contributed by atoms with Crippen molar-refractivity contribution in [2.24, 2.45) is 0 Å². The SMILES string of the molecule is Cc1[nH]c2ccc(O)cc2c1C[C@H](NC(=O)c1ccc2c(c1)nc(-c1ccsc1)n2C1CCCCC1)C(=O)O. The molecular formula is C30H30N4O4S. The van der Waals surface area contributed by atoms with Crippen LogP contribution in [0.25, 0.3) is 33.3 Å². The number of rotatable bonds is 7. The summed E-state index contributed by atoms with van der Waals surface area (Å²) in [5, 5.41) is 27.5. The molecule has 0 saturated heterocycles. The van der Waals surface area contributed by atoms with Crippen LogP contribution in [0, 0.1) is 6.92 Å². The monoisotopic (exact) mass is 542 g/mol. The van der Waals surface area contributed by atoms with Gasteiger partial charge in [-0.25, -0.2) is 9.78 Å². The number of carbonyl (C=O) groups excluding carboxylic acids is 1. The normalized spacial score (nSPS) is 15.1. The molecule has 1 atom stereocenters. The van der Waals surface area contributed by atoms with Crippen molar-refractivity contribution in [1.29, 1.82) is 0 Å². The number of carboxylic acids is 1. The molecule has 5 aromatic rings.